The Morgan fingerprint density at radius 3 is 2.64 bits per heavy atom. The molecule has 0 spiro atoms. The molecule has 5 nitrogen and oxygen atoms in total. The first-order valence-corrected chi connectivity index (χ1v) is 11.1. The van der Waals surface area contributed by atoms with E-state index in [1.54, 1.807) is 0 Å². The fraction of sp³-hybridized carbons (Fsp3) is 0.444. The number of aryl methyl sites for hydroxylation is 2. The molecular weight excluding hydrogens is 356 g/mol. The highest BCUT2D eigenvalue weighted by atomic mass is 32.2. The summed E-state index contributed by atoms with van der Waals surface area (Å²) < 4.78 is 23.0. The van der Waals surface area contributed by atoms with Crippen molar-refractivity contribution in [2.24, 2.45) is 5.92 Å². The number of benzene rings is 1. The van der Waals surface area contributed by atoms with Crippen LogP contribution in [0.1, 0.15) is 30.2 Å². The average molecular weight is 379 g/mol. The Hall–Kier alpha value is -1.73. The molecule has 2 aromatic rings. The molecule has 0 aliphatic carbocycles. The molecule has 1 amide bonds. The van der Waals surface area contributed by atoms with Crippen molar-refractivity contribution in [1.29, 1.82) is 0 Å². The number of hydrogen-bond acceptors (Lipinski definition) is 5. The Labute approximate surface area is 152 Å². The van der Waals surface area contributed by atoms with E-state index in [4.69, 9.17) is 0 Å². The van der Waals surface area contributed by atoms with E-state index in [0.29, 0.717) is 11.6 Å². The van der Waals surface area contributed by atoms with Crippen LogP contribution in [0.2, 0.25) is 0 Å². The van der Waals surface area contributed by atoms with E-state index in [2.05, 4.69) is 41.5 Å². The number of amides is 1. The number of anilines is 1. The lowest BCUT2D eigenvalue weighted by Crippen LogP contribution is -2.23. The van der Waals surface area contributed by atoms with Crippen LogP contribution < -0.4 is 5.32 Å². The Balaban J connectivity index is 1.73. The number of rotatable bonds is 5. The van der Waals surface area contributed by atoms with E-state index < -0.39 is 15.8 Å². The highest BCUT2D eigenvalue weighted by Gasteiger charge is 2.33. The predicted octanol–water partition coefficient (Wildman–Crippen LogP) is 3.44. The maximum Gasteiger partial charge on any atom is 0.230 e. The second-order valence-corrected chi connectivity index (χ2v) is 9.89. The van der Waals surface area contributed by atoms with Crippen molar-refractivity contribution >= 4 is 32.2 Å². The molecule has 1 unspecified atom stereocenters. The molecule has 2 heterocycles. The Kier molecular flexibility index (Phi) is 5.24. The first kappa shape index (κ1) is 18.1. The lowest BCUT2D eigenvalue weighted by atomic mass is 10.1. The average Bonchev–Trinajstić information content (AvgIpc) is 3.11. The quantitative estimate of drug-likeness (QED) is 0.865. The third-order valence-electron chi connectivity index (χ3n) is 4.40. The number of carbonyl (C=O) groups excluding carboxylic acids is 1. The van der Waals surface area contributed by atoms with Crippen LogP contribution in [0.4, 0.5) is 5.13 Å². The number of hydrogen-bond donors (Lipinski definition) is 1. The van der Waals surface area contributed by atoms with Gasteiger partial charge in [0.2, 0.25) is 5.91 Å². The fourth-order valence-electron chi connectivity index (χ4n) is 3.04. The van der Waals surface area contributed by atoms with Crippen LogP contribution in [0.25, 0.3) is 11.3 Å². The molecule has 0 radical (unpaired) electrons. The minimum absolute atomic E-state index is 0.0606. The van der Waals surface area contributed by atoms with Gasteiger partial charge in [0.15, 0.2) is 15.0 Å². The number of nitrogens with zero attached hydrogens (tertiary/aromatic N) is 1. The first-order chi connectivity index (χ1) is 11.9. The molecule has 1 aliphatic heterocycles. The van der Waals surface area contributed by atoms with Crippen molar-refractivity contribution in [2.45, 2.75) is 33.1 Å². The Morgan fingerprint density at radius 2 is 2.04 bits per heavy atom. The molecule has 1 aromatic heterocycles. The molecule has 0 bridgehead atoms. The van der Waals surface area contributed by atoms with Crippen molar-refractivity contribution in [3.8, 4) is 11.3 Å². The van der Waals surface area contributed by atoms with Gasteiger partial charge in [-0.25, -0.2) is 13.4 Å². The largest absolute Gasteiger partial charge is 0.302 e. The van der Waals surface area contributed by atoms with Crippen LogP contribution in [0, 0.1) is 12.8 Å². The summed E-state index contributed by atoms with van der Waals surface area (Å²) in [6.07, 6.45) is 2.56. The monoisotopic (exact) mass is 378 g/mol. The molecule has 1 aliphatic rings. The molecular formula is C18H22N2O3S2. The van der Waals surface area contributed by atoms with E-state index in [0.717, 1.165) is 29.0 Å². The molecule has 3 rings (SSSR count). The summed E-state index contributed by atoms with van der Waals surface area (Å²) >= 11 is 1.42. The Morgan fingerprint density at radius 1 is 1.32 bits per heavy atom. The maximum absolute atomic E-state index is 12.3. The van der Waals surface area contributed by atoms with Gasteiger partial charge in [-0.05, 0) is 25.3 Å². The van der Waals surface area contributed by atoms with Crippen LogP contribution in [0.3, 0.4) is 0 Å². The molecule has 7 heteroatoms. The van der Waals surface area contributed by atoms with Gasteiger partial charge in [-0.2, -0.15) is 0 Å². The standard InChI is InChI=1S/C18H22N2O3S2/c1-3-4-13-5-7-14(8-6-13)16-12(2)24-18(19-16)20-17(21)15-9-10-25(22,23)11-15/h5-8,15H,3-4,9-11H2,1-2H3,(H,19,20,21). The summed E-state index contributed by atoms with van der Waals surface area (Å²) in [6, 6.07) is 8.34. The topological polar surface area (TPSA) is 76.1 Å². The van der Waals surface area contributed by atoms with E-state index >= 15 is 0 Å². The van der Waals surface area contributed by atoms with Crippen LogP contribution in [0.15, 0.2) is 24.3 Å². The highest BCUT2D eigenvalue weighted by molar-refractivity contribution is 7.91. The lowest BCUT2D eigenvalue weighted by Gasteiger charge is -2.06. The SMILES string of the molecule is CCCc1ccc(-c2nc(NC(=O)C3CCS(=O)(=O)C3)sc2C)cc1. The number of thiazole rings is 1. The summed E-state index contributed by atoms with van der Waals surface area (Å²) in [5, 5.41) is 3.32. The summed E-state index contributed by atoms with van der Waals surface area (Å²) in [6.45, 7) is 4.13. The number of sulfone groups is 1. The summed E-state index contributed by atoms with van der Waals surface area (Å²) in [7, 11) is -3.07. The van der Waals surface area contributed by atoms with Crippen molar-refractivity contribution < 1.29 is 13.2 Å². The molecule has 1 fully saturated rings. The third kappa shape index (κ3) is 4.27. The molecule has 1 saturated heterocycles. The predicted molar refractivity (Wildman–Crippen MR) is 102 cm³/mol. The van der Waals surface area contributed by atoms with Crippen LogP contribution >= 0.6 is 11.3 Å². The van der Waals surface area contributed by atoms with E-state index in [-0.39, 0.29) is 17.4 Å². The maximum atomic E-state index is 12.3. The zero-order chi connectivity index (χ0) is 18.0. The lowest BCUT2D eigenvalue weighted by molar-refractivity contribution is -0.119. The van der Waals surface area contributed by atoms with Gasteiger partial charge in [0.25, 0.3) is 0 Å². The van der Waals surface area contributed by atoms with E-state index in [1.165, 1.54) is 16.9 Å². The zero-order valence-electron chi connectivity index (χ0n) is 14.4. The van der Waals surface area contributed by atoms with Gasteiger partial charge in [-0.1, -0.05) is 37.6 Å². The van der Waals surface area contributed by atoms with Gasteiger partial charge >= 0.3 is 0 Å². The minimum Gasteiger partial charge on any atom is -0.302 e. The Bertz CT molecular complexity index is 870. The molecule has 134 valence electrons. The van der Waals surface area contributed by atoms with Gasteiger partial charge in [-0.15, -0.1) is 11.3 Å². The first-order valence-electron chi connectivity index (χ1n) is 8.46. The van der Waals surface area contributed by atoms with E-state index in [9.17, 15) is 13.2 Å². The molecule has 1 N–H and O–H groups in total. The minimum atomic E-state index is -3.07. The molecule has 1 aromatic carbocycles. The van der Waals surface area contributed by atoms with Crippen molar-refractivity contribution in [3.63, 3.8) is 0 Å². The summed E-state index contributed by atoms with van der Waals surface area (Å²) in [4.78, 5) is 17.8. The molecule has 0 saturated carbocycles. The number of nitrogens with one attached hydrogen (secondary N) is 1. The molecule has 1 atom stereocenters. The smallest absolute Gasteiger partial charge is 0.230 e. The van der Waals surface area contributed by atoms with Crippen molar-refractivity contribution in [1.82, 2.24) is 4.98 Å². The van der Waals surface area contributed by atoms with Crippen molar-refractivity contribution in [2.75, 3.05) is 16.8 Å². The molecule has 25 heavy (non-hydrogen) atoms. The highest BCUT2D eigenvalue weighted by Crippen LogP contribution is 2.31. The van der Waals surface area contributed by atoms with Gasteiger partial charge in [0.1, 0.15) is 0 Å². The second-order valence-electron chi connectivity index (χ2n) is 6.46. The van der Waals surface area contributed by atoms with Gasteiger partial charge in [0, 0.05) is 10.4 Å². The zero-order valence-corrected chi connectivity index (χ0v) is 16.0. The van der Waals surface area contributed by atoms with Crippen LogP contribution in [-0.4, -0.2) is 30.8 Å². The normalized spacial score (nSPS) is 19.0. The summed E-state index contributed by atoms with van der Waals surface area (Å²) in [5.41, 5.74) is 3.19. The number of aromatic nitrogens is 1. The van der Waals surface area contributed by atoms with E-state index in [1.807, 2.05) is 6.92 Å². The summed E-state index contributed by atoms with van der Waals surface area (Å²) in [5.74, 6) is -0.683. The van der Waals surface area contributed by atoms with Gasteiger partial charge < -0.3 is 5.32 Å². The van der Waals surface area contributed by atoms with Crippen LogP contribution in [0.5, 0.6) is 0 Å². The van der Waals surface area contributed by atoms with Crippen molar-refractivity contribution in [3.05, 3.63) is 34.7 Å². The number of carbonyl (C=O) groups is 1. The van der Waals surface area contributed by atoms with Gasteiger partial charge in [-0.3, -0.25) is 4.79 Å². The fourth-order valence-corrected chi connectivity index (χ4v) is 5.63. The second kappa shape index (κ2) is 7.25. The van der Waals surface area contributed by atoms with Gasteiger partial charge in [0.05, 0.1) is 23.1 Å². The van der Waals surface area contributed by atoms with Crippen LogP contribution in [-0.2, 0) is 21.1 Å². The third-order valence-corrected chi connectivity index (χ3v) is 7.05.